The summed E-state index contributed by atoms with van der Waals surface area (Å²) in [5.74, 6) is 1.18. The predicted molar refractivity (Wildman–Crippen MR) is 69.7 cm³/mol. The third-order valence-corrected chi connectivity index (χ3v) is 2.53. The lowest BCUT2D eigenvalue weighted by molar-refractivity contribution is 0.340. The number of aromatic amines is 1. The number of anilines is 1. The number of benzene rings is 1. The number of nitrogen functional groups attached to an aromatic ring is 1. The van der Waals surface area contributed by atoms with E-state index in [0.717, 1.165) is 16.9 Å². The van der Waals surface area contributed by atoms with Crippen molar-refractivity contribution in [3.8, 4) is 5.75 Å². The first-order valence-electron chi connectivity index (χ1n) is 5.74. The molecule has 18 heavy (non-hydrogen) atoms. The first kappa shape index (κ1) is 12.2. The summed E-state index contributed by atoms with van der Waals surface area (Å²) in [4.78, 5) is 17.1. The second kappa shape index (κ2) is 5.35. The van der Waals surface area contributed by atoms with Gasteiger partial charge in [-0.1, -0.05) is 12.1 Å². The number of ether oxygens (including phenoxy) is 1. The van der Waals surface area contributed by atoms with Crippen molar-refractivity contribution in [3.63, 3.8) is 0 Å². The topological polar surface area (TPSA) is 81.0 Å². The quantitative estimate of drug-likeness (QED) is 0.851. The van der Waals surface area contributed by atoms with Gasteiger partial charge in [0.2, 0.25) is 0 Å². The van der Waals surface area contributed by atoms with E-state index in [2.05, 4.69) is 9.97 Å². The average Bonchev–Trinajstić information content (AvgIpc) is 2.34. The molecule has 0 amide bonds. The molecule has 94 valence electrons. The standard InChI is InChI=1S/C13H15N3O2/c1-2-18-11-5-3-4-9(7-11)6-10-8-15-13(17)16-12(10)14/h3-5,7-8H,2,6H2,1H3,(H3,14,15,16,17). The van der Waals surface area contributed by atoms with Gasteiger partial charge in [0.05, 0.1) is 6.61 Å². The van der Waals surface area contributed by atoms with E-state index >= 15 is 0 Å². The number of hydrogen-bond acceptors (Lipinski definition) is 4. The fraction of sp³-hybridized carbons (Fsp3) is 0.231. The van der Waals surface area contributed by atoms with Gasteiger partial charge < -0.3 is 10.5 Å². The SMILES string of the molecule is CCOc1cccc(Cc2cnc(=O)[nH]c2N)c1. The van der Waals surface area contributed by atoms with Crippen LogP contribution in [0.2, 0.25) is 0 Å². The number of nitrogens with one attached hydrogen (secondary N) is 1. The van der Waals surface area contributed by atoms with Crippen LogP contribution < -0.4 is 16.2 Å². The zero-order valence-corrected chi connectivity index (χ0v) is 10.1. The van der Waals surface area contributed by atoms with Crippen LogP contribution >= 0.6 is 0 Å². The van der Waals surface area contributed by atoms with Crippen molar-refractivity contribution in [3.05, 3.63) is 52.1 Å². The van der Waals surface area contributed by atoms with Gasteiger partial charge in [0.1, 0.15) is 11.6 Å². The van der Waals surface area contributed by atoms with Crippen molar-refractivity contribution in [2.24, 2.45) is 0 Å². The lowest BCUT2D eigenvalue weighted by Gasteiger charge is -2.07. The molecule has 0 aliphatic carbocycles. The lowest BCUT2D eigenvalue weighted by atomic mass is 10.1. The van der Waals surface area contributed by atoms with Gasteiger partial charge in [-0.05, 0) is 24.6 Å². The van der Waals surface area contributed by atoms with Crippen molar-refractivity contribution in [2.45, 2.75) is 13.3 Å². The van der Waals surface area contributed by atoms with Gasteiger partial charge in [0.15, 0.2) is 0 Å². The second-order valence-electron chi connectivity index (χ2n) is 3.88. The molecule has 0 unspecified atom stereocenters. The zero-order chi connectivity index (χ0) is 13.0. The van der Waals surface area contributed by atoms with E-state index in [1.54, 1.807) is 0 Å². The summed E-state index contributed by atoms with van der Waals surface area (Å²) in [5.41, 5.74) is 7.16. The Morgan fingerprint density at radius 1 is 1.44 bits per heavy atom. The Kier molecular flexibility index (Phi) is 3.62. The summed E-state index contributed by atoms with van der Waals surface area (Å²) in [6, 6.07) is 7.76. The minimum Gasteiger partial charge on any atom is -0.494 e. The molecule has 1 heterocycles. The minimum absolute atomic E-state index is 0.358. The third-order valence-electron chi connectivity index (χ3n) is 2.53. The monoisotopic (exact) mass is 245 g/mol. The van der Waals surface area contributed by atoms with Gasteiger partial charge in [0, 0.05) is 18.2 Å². The Balaban J connectivity index is 2.22. The van der Waals surface area contributed by atoms with Crippen LogP contribution in [0, 0.1) is 0 Å². The summed E-state index contributed by atoms with van der Waals surface area (Å²) < 4.78 is 5.43. The molecule has 1 aromatic carbocycles. The number of nitrogens with two attached hydrogens (primary N) is 1. The Hall–Kier alpha value is -2.30. The van der Waals surface area contributed by atoms with E-state index in [1.165, 1.54) is 6.20 Å². The fourth-order valence-corrected chi connectivity index (χ4v) is 1.71. The minimum atomic E-state index is -0.431. The second-order valence-corrected chi connectivity index (χ2v) is 3.88. The molecule has 0 saturated heterocycles. The number of aromatic nitrogens is 2. The molecule has 0 atom stereocenters. The molecule has 2 rings (SSSR count). The zero-order valence-electron chi connectivity index (χ0n) is 10.1. The molecule has 0 aliphatic heterocycles. The summed E-state index contributed by atoms with van der Waals surface area (Å²) in [7, 11) is 0. The van der Waals surface area contributed by atoms with Crippen LogP contribution in [0.15, 0.2) is 35.3 Å². The predicted octanol–water partition coefficient (Wildman–Crippen LogP) is 1.34. The maximum Gasteiger partial charge on any atom is 0.346 e. The Bertz CT molecular complexity index is 593. The van der Waals surface area contributed by atoms with Gasteiger partial charge >= 0.3 is 5.69 Å². The van der Waals surface area contributed by atoms with Gasteiger partial charge in [-0.2, -0.15) is 0 Å². The van der Waals surface area contributed by atoms with Crippen molar-refractivity contribution in [1.82, 2.24) is 9.97 Å². The van der Waals surface area contributed by atoms with Crippen LogP contribution in [-0.4, -0.2) is 16.6 Å². The number of hydrogen-bond donors (Lipinski definition) is 2. The molecule has 5 heteroatoms. The molecule has 0 saturated carbocycles. The summed E-state index contributed by atoms with van der Waals surface area (Å²) in [5, 5.41) is 0. The van der Waals surface area contributed by atoms with Crippen molar-refractivity contribution in [2.75, 3.05) is 12.3 Å². The number of rotatable bonds is 4. The van der Waals surface area contributed by atoms with Crippen LogP contribution in [0.3, 0.4) is 0 Å². The van der Waals surface area contributed by atoms with E-state index in [-0.39, 0.29) is 0 Å². The first-order chi connectivity index (χ1) is 8.69. The molecule has 0 spiro atoms. The molecule has 2 aromatic rings. The van der Waals surface area contributed by atoms with Crippen molar-refractivity contribution < 1.29 is 4.74 Å². The lowest BCUT2D eigenvalue weighted by Crippen LogP contribution is -2.14. The van der Waals surface area contributed by atoms with Gasteiger partial charge in [-0.15, -0.1) is 0 Å². The number of nitrogens with zero attached hydrogens (tertiary/aromatic N) is 1. The Labute approximate surface area is 105 Å². The van der Waals surface area contributed by atoms with Crippen LogP contribution in [0.25, 0.3) is 0 Å². The first-order valence-corrected chi connectivity index (χ1v) is 5.74. The van der Waals surface area contributed by atoms with Crippen LogP contribution in [0.4, 0.5) is 5.82 Å². The van der Waals surface area contributed by atoms with Crippen LogP contribution in [0.1, 0.15) is 18.1 Å². The highest BCUT2D eigenvalue weighted by Gasteiger charge is 2.03. The molecule has 1 aromatic heterocycles. The van der Waals surface area contributed by atoms with E-state index < -0.39 is 5.69 Å². The number of H-pyrrole nitrogens is 1. The van der Waals surface area contributed by atoms with E-state index in [4.69, 9.17) is 10.5 Å². The summed E-state index contributed by atoms with van der Waals surface area (Å²) in [6.07, 6.45) is 2.11. The molecular formula is C13H15N3O2. The highest BCUT2D eigenvalue weighted by Crippen LogP contribution is 2.17. The van der Waals surface area contributed by atoms with Gasteiger partial charge in [0.25, 0.3) is 0 Å². The Morgan fingerprint density at radius 3 is 3.00 bits per heavy atom. The Morgan fingerprint density at radius 2 is 2.28 bits per heavy atom. The highest BCUT2D eigenvalue weighted by molar-refractivity contribution is 5.41. The van der Waals surface area contributed by atoms with Crippen LogP contribution in [0.5, 0.6) is 5.75 Å². The average molecular weight is 245 g/mol. The molecule has 0 fully saturated rings. The highest BCUT2D eigenvalue weighted by atomic mass is 16.5. The fourth-order valence-electron chi connectivity index (χ4n) is 1.71. The third kappa shape index (κ3) is 2.88. The van der Waals surface area contributed by atoms with Crippen molar-refractivity contribution in [1.29, 1.82) is 0 Å². The molecule has 0 radical (unpaired) electrons. The molecule has 0 bridgehead atoms. The van der Waals surface area contributed by atoms with E-state index in [9.17, 15) is 4.79 Å². The molecule has 0 aliphatic rings. The largest absolute Gasteiger partial charge is 0.494 e. The van der Waals surface area contributed by atoms with E-state index in [0.29, 0.717) is 18.8 Å². The van der Waals surface area contributed by atoms with E-state index in [1.807, 2.05) is 31.2 Å². The summed E-state index contributed by atoms with van der Waals surface area (Å²) >= 11 is 0. The van der Waals surface area contributed by atoms with Crippen molar-refractivity contribution >= 4 is 5.82 Å². The maximum atomic E-state index is 11.0. The van der Waals surface area contributed by atoms with Crippen LogP contribution in [-0.2, 0) is 6.42 Å². The smallest absolute Gasteiger partial charge is 0.346 e. The maximum absolute atomic E-state index is 11.0. The molecular weight excluding hydrogens is 230 g/mol. The normalized spacial score (nSPS) is 10.3. The molecule has 5 nitrogen and oxygen atoms in total. The van der Waals surface area contributed by atoms with Gasteiger partial charge in [-0.3, -0.25) is 4.98 Å². The molecule has 3 N–H and O–H groups in total. The summed E-state index contributed by atoms with van der Waals surface area (Å²) in [6.45, 7) is 2.57. The van der Waals surface area contributed by atoms with Gasteiger partial charge in [-0.25, -0.2) is 9.78 Å².